The first-order valence-corrected chi connectivity index (χ1v) is 11.5. The van der Waals surface area contributed by atoms with Gasteiger partial charge in [0.05, 0.1) is 16.7 Å². The Morgan fingerprint density at radius 3 is 1.97 bits per heavy atom. The fraction of sp³-hybridized carbons (Fsp3) is 0.333. The van der Waals surface area contributed by atoms with Crippen molar-refractivity contribution in [3.8, 4) is 5.75 Å². The number of rotatable bonds is 8. The third kappa shape index (κ3) is 6.38. The minimum Gasteiger partial charge on any atom is -0.487 e. The lowest BCUT2D eigenvalue weighted by molar-refractivity contribution is -0.142. The molecule has 0 bridgehead atoms. The van der Waals surface area contributed by atoms with E-state index in [1.165, 1.54) is 18.2 Å². The molecule has 38 heavy (non-hydrogen) atoms. The maximum absolute atomic E-state index is 13.4. The number of nitrogens with one attached hydrogen (secondary N) is 1. The first kappa shape index (κ1) is 28.8. The second-order valence-electron chi connectivity index (χ2n) is 9.45. The topological polar surface area (TPSA) is 75.6 Å². The molecule has 0 spiro atoms. The van der Waals surface area contributed by atoms with E-state index in [0.717, 1.165) is 36.4 Å². The first-order chi connectivity index (χ1) is 17.5. The van der Waals surface area contributed by atoms with Gasteiger partial charge in [-0.3, -0.25) is 4.79 Å². The van der Waals surface area contributed by atoms with Crippen LogP contribution in [0.15, 0.2) is 54.6 Å². The highest BCUT2D eigenvalue weighted by Gasteiger charge is 2.36. The molecule has 5 nitrogen and oxygen atoms in total. The maximum Gasteiger partial charge on any atom is 0.416 e. The molecule has 0 aliphatic rings. The number of alkyl halides is 6. The number of carboxylic acids is 1. The summed E-state index contributed by atoms with van der Waals surface area (Å²) in [5.41, 5.74) is -2.70. The van der Waals surface area contributed by atoms with Crippen LogP contribution in [0.1, 0.15) is 54.2 Å². The highest BCUT2D eigenvalue weighted by Crippen LogP contribution is 2.37. The quantitative estimate of drug-likeness (QED) is 0.299. The number of hydrogen-bond acceptors (Lipinski definition) is 3. The van der Waals surface area contributed by atoms with Crippen LogP contribution in [-0.4, -0.2) is 23.0 Å². The molecule has 0 aliphatic heterocycles. The molecule has 3 aromatic carbocycles. The fourth-order valence-electron chi connectivity index (χ4n) is 3.75. The van der Waals surface area contributed by atoms with Gasteiger partial charge in [0.1, 0.15) is 18.4 Å². The molecule has 1 unspecified atom stereocenters. The van der Waals surface area contributed by atoms with Crippen molar-refractivity contribution in [3.63, 3.8) is 0 Å². The average molecular weight is 541 g/mol. The van der Waals surface area contributed by atoms with E-state index < -0.39 is 46.8 Å². The van der Waals surface area contributed by atoms with Gasteiger partial charge in [0.2, 0.25) is 0 Å². The van der Waals surface area contributed by atoms with E-state index >= 15 is 0 Å². The Labute approximate surface area is 214 Å². The number of hydrogen-bond donors (Lipinski definition) is 2. The summed E-state index contributed by atoms with van der Waals surface area (Å²) in [5, 5.41) is 12.4. The van der Waals surface area contributed by atoms with Gasteiger partial charge in [-0.05, 0) is 53.1 Å². The van der Waals surface area contributed by atoms with Gasteiger partial charge in [-0.15, -0.1) is 0 Å². The van der Waals surface area contributed by atoms with E-state index in [0.29, 0.717) is 11.8 Å². The van der Waals surface area contributed by atoms with Crippen LogP contribution in [-0.2, 0) is 23.8 Å². The lowest BCUT2D eigenvalue weighted by Crippen LogP contribution is -2.50. The number of benzene rings is 3. The summed E-state index contributed by atoms with van der Waals surface area (Å²) in [6.45, 7) is 4.67. The van der Waals surface area contributed by atoms with Crippen LogP contribution in [0, 0.1) is 5.41 Å². The highest BCUT2D eigenvalue weighted by molar-refractivity contribution is 6.05. The number of carbonyl (C=O) groups excluding carboxylic acids is 1. The smallest absolute Gasteiger partial charge is 0.416 e. The maximum atomic E-state index is 13.4. The second-order valence-corrected chi connectivity index (χ2v) is 9.45. The van der Waals surface area contributed by atoms with E-state index in [1.807, 2.05) is 0 Å². The van der Waals surface area contributed by atoms with E-state index in [1.54, 1.807) is 20.8 Å². The Kier molecular flexibility index (Phi) is 7.99. The van der Waals surface area contributed by atoms with Crippen molar-refractivity contribution in [1.82, 2.24) is 5.32 Å². The predicted octanol–water partition coefficient (Wildman–Crippen LogP) is 7.08. The summed E-state index contributed by atoms with van der Waals surface area (Å²) in [4.78, 5) is 25.1. The van der Waals surface area contributed by atoms with Gasteiger partial charge in [0, 0.05) is 5.39 Å². The molecule has 0 radical (unpaired) electrons. The number of ether oxygens (including phenoxy) is 1. The Hall–Kier alpha value is -3.76. The zero-order valence-electron chi connectivity index (χ0n) is 20.6. The van der Waals surface area contributed by atoms with Crippen LogP contribution in [0.5, 0.6) is 5.75 Å². The number of halogens is 6. The summed E-state index contributed by atoms with van der Waals surface area (Å²) in [6.07, 6.45) is -8.86. The molecule has 2 N–H and O–H groups in total. The summed E-state index contributed by atoms with van der Waals surface area (Å²) < 4.78 is 84.7. The number of carbonyl (C=O) groups is 2. The summed E-state index contributed by atoms with van der Waals surface area (Å²) >= 11 is 0. The van der Waals surface area contributed by atoms with Crippen molar-refractivity contribution in [2.75, 3.05) is 0 Å². The molecule has 0 fully saturated rings. The largest absolute Gasteiger partial charge is 0.487 e. The van der Waals surface area contributed by atoms with Gasteiger partial charge < -0.3 is 15.2 Å². The van der Waals surface area contributed by atoms with Crippen molar-refractivity contribution in [2.45, 2.75) is 52.2 Å². The Bertz CT molecular complexity index is 1330. The number of fused-ring (bicyclic) bond motifs is 1. The van der Waals surface area contributed by atoms with E-state index in [9.17, 15) is 41.0 Å². The van der Waals surface area contributed by atoms with E-state index in [2.05, 4.69) is 5.32 Å². The lowest BCUT2D eigenvalue weighted by atomic mass is 9.81. The monoisotopic (exact) mass is 541 g/mol. The number of carboxylic acid groups (broad SMARTS) is 1. The molecular weight excluding hydrogens is 516 g/mol. The van der Waals surface area contributed by atoms with E-state index in [-0.39, 0.29) is 28.9 Å². The lowest BCUT2D eigenvalue weighted by Gasteiger charge is -2.31. The van der Waals surface area contributed by atoms with Crippen molar-refractivity contribution in [2.24, 2.45) is 5.41 Å². The van der Waals surface area contributed by atoms with Crippen LogP contribution in [0.3, 0.4) is 0 Å². The second kappa shape index (κ2) is 10.5. The van der Waals surface area contributed by atoms with Crippen LogP contribution >= 0.6 is 0 Å². The molecule has 0 saturated carbocycles. The van der Waals surface area contributed by atoms with Crippen molar-refractivity contribution in [3.05, 3.63) is 76.9 Å². The molecule has 0 saturated heterocycles. The summed E-state index contributed by atoms with van der Waals surface area (Å²) in [6, 6.07) is 8.22. The Balaban J connectivity index is 2.07. The Morgan fingerprint density at radius 1 is 0.895 bits per heavy atom. The zero-order valence-corrected chi connectivity index (χ0v) is 20.6. The molecule has 0 aromatic heterocycles. The molecule has 11 heteroatoms. The van der Waals surface area contributed by atoms with Crippen molar-refractivity contribution in [1.29, 1.82) is 0 Å². The SMILES string of the molecule is CCC(C)(C)C(NC(=O)c1ccc2ccc(C(F)(F)F)cc2c1OCc1ccc(C(F)(F)F)cc1)C(=O)O. The van der Waals surface area contributed by atoms with E-state index in [4.69, 9.17) is 4.74 Å². The zero-order chi connectivity index (χ0) is 28.5. The summed E-state index contributed by atoms with van der Waals surface area (Å²) in [7, 11) is 0. The van der Waals surface area contributed by atoms with Gasteiger partial charge in [0.15, 0.2) is 0 Å². The standard InChI is InChI=1S/C27H25F6NO4/c1-4-25(2,3)22(24(36)37)34-23(35)19-12-8-16-7-11-18(27(31,32)33)13-20(16)21(19)38-14-15-5-9-17(10-6-15)26(28,29)30/h5-13,22H,4,14H2,1-3H3,(H,34,35)(H,36,37). The first-order valence-electron chi connectivity index (χ1n) is 11.5. The number of amides is 1. The molecule has 1 atom stereocenters. The van der Waals surface area contributed by atoms with Crippen molar-refractivity contribution >= 4 is 22.6 Å². The van der Waals surface area contributed by atoms with Gasteiger partial charge >= 0.3 is 18.3 Å². The van der Waals surface area contributed by atoms with Crippen LogP contribution in [0.4, 0.5) is 26.3 Å². The third-order valence-electron chi connectivity index (χ3n) is 6.42. The summed E-state index contributed by atoms with van der Waals surface area (Å²) in [5.74, 6) is -2.44. The highest BCUT2D eigenvalue weighted by atomic mass is 19.4. The van der Waals surface area contributed by atoms with Crippen LogP contribution < -0.4 is 10.1 Å². The predicted molar refractivity (Wildman–Crippen MR) is 128 cm³/mol. The minimum atomic E-state index is -4.70. The minimum absolute atomic E-state index is 0.0685. The number of aliphatic carboxylic acids is 1. The fourth-order valence-corrected chi connectivity index (χ4v) is 3.75. The molecule has 0 heterocycles. The van der Waals surface area contributed by atoms with Crippen LogP contribution in [0.2, 0.25) is 0 Å². The average Bonchev–Trinajstić information content (AvgIpc) is 2.84. The molecule has 0 aliphatic carbocycles. The van der Waals surface area contributed by atoms with Crippen molar-refractivity contribution < 1.29 is 45.8 Å². The normalized spacial score (nSPS) is 13.3. The molecule has 1 amide bonds. The van der Waals surface area contributed by atoms with Gasteiger partial charge in [-0.25, -0.2) is 4.79 Å². The van der Waals surface area contributed by atoms with Gasteiger partial charge in [-0.1, -0.05) is 45.0 Å². The third-order valence-corrected chi connectivity index (χ3v) is 6.42. The Morgan fingerprint density at radius 2 is 1.45 bits per heavy atom. The molecular formula is C27H25F6NO4. The molecule has 3 aromatic rings. The van der Waals surface area contributed by atoms with Gasteiger partial charge in [0.25, 0.3) is 5.91 Å². The van der Waals surface area contributed by atoms with Gasteiger partial charge in [-0.2, -0.15) is 26.3 Å². The molecule has 3 rings (SSSR count). The molecule has 204 valence electrons. The van der Waals surface area contributed by atoms with Crippen LogP contribution in [0.25, 0.3) is 10.8 Å².